The largest absolute Gasteiger partial charge is 0.449 e. The first-order valence-corrected chi connectivity index (χ1v) is 15.1. The highest BCUT2D eigenvalue weighted by Crippen LogP contribution is 2.69. The summed E-state index contributed by atoms with van der Waals surface area (Å²) in [6.45, 7) is 9.59. The van der Waals surface area contributed by atoms with Crippen LogP contribution in [0.2, 0.25) is 0 Å². The molecule has 0 aromatic rings. The van der Waals surface area contributed by atoms with Crippen LogP contribution in [0.5, 0.6) is 0 Å². The van der Waals surface area contributed by atoms with Gasteiger partial charge in [0.05, 0.1) is 18.8 Å². The Bertz CT molecular complexity index is 753. The predicted molar refractivity (Wildman–Crippen MR) is 138 cm³/mol. The van der Waals surface area contributed by atoms with E-state index in [0.717, 1.165) is 70.4 Å². The van der Waals surface area contributed by atoms with Crippen LogP contribution in [-0.4, -0.2) is 53.1 Å². The highest BCUT2D eigenvalue weighted by molar-refractivity contribution is 5.67. The van der Waals surface area contributed by atoms with Gasteiger partial charge in [0, 0.05) is 13.1 Å². The molecule has 0 radical (unpaired) electrons. The molecule has 5 aliphatic rings. The molecule has 2 N–H and O–H groups in total. The summed E-state index contributed by atoms with van der Waals surface area (Å²) in [7, 11) is 0. The zero-order valence-corrected chi connectivity index (χ0v) is 22.6. The van der Waals surface area contributed by atoms with Crippen LogP contribution in [-0.2, 0) is 4.74 Å². The van der Waals surface area contributed by atoms with E-state index < -0.39 is 0 Å². The first-order chi connectivity index (χ1) is 16.8. The fourth-order valence-corrected chi connectivity index (χ4v) is 10.2. The van der Waals surface area contributed by atoms with Crippen molar-refractivity contribution in [2.45, 2.75) is 116 Å². The number of aliphatic hydroxyl groups is 2. The number of rotatable bonds is 6. The third-order valence-corrected chi connectivity index (χ3v) is 12.1. The van der Waals surface area contributed by atoms with Crippen molar-refractivity contribution < 1.29 is 19.7 Å². The zero-order valence-electron chi connectivity index (χ0n) is 22.6. The van der Waals surface area contributed by atoms with E-state index in [-0.39, 0.29) is 23.7 Å². The van der Waals surface area contributed by atoms with Crippen LogP contribution < -0.4 is 0 Å². The van der Waals surface area contributed by atoms with Crippen molar-refractivity contribution in [3.05, 3.63) is 0 Å². The molecule has 35 heavy (non-hydrogen) atoms. The second-order valence-corrected chi connectivity index (χ2v) is 13.5. The zero-order chi connectivity index (χ0) is 24.8. The standard InChI is InChI=1S/C30H51NO4/c1-4-22-25-19-21(32)12-14-30(25,3)24-13-15-29(2)20(10-11-23(29)26(24)27(22)33)9-5-8-18-35-28(34)31-16-6-7-17-31/h20-27,32-33H,4-19H2,1-3H3/t20-,21+,22+,23-,24-,25-,26-,27+,29+,30+/m0/s1. The number of hydrogen-bond acceptors (Lipinski definition) is 4. The molecule has 5 fully saturated rings. The van der Waals surface area contributed by atoms with Gasteiger partial charge in [0.15, 0.2) is 0 Å². The minimum absolute atomic E-state index is 0.118. The van der Waals surface area contributed by atoms with Gasteiger partial charge in [0.2, 0.25) is 0 Å². The van der Waals surface area contributed by atoms with E-state index >= 15 is 0 Å². The Balaban J connectivity index is 1.20. The molecule has 1 heterocycles. The average molecular weight is 490 g/mol. The SMILES string of the molecule is CC[C@H]1[C@@H](O)[C@@H]2[C@H](CC[C@]3(C)[C@@H](CCCCOC(=O)N4CCCC4)CC[C@@H]23)[C@@]2(C)CC[C@@H](O)C[C@@H]12. The Labute approximate surface area is 213 Å². The average Bonchev–Trinajstić information content (AvgIpc) is 3.49. The summed E-state index contributed by atoms with van der Waals surface area (Å²) in [5.41, 5.74) is 0.618. The Morgan fingerprint density at radius 1 is 0.943 bits per heavy atom. The first kappa shape index (κ1) is 25.8. The number of carbonyl (C=O) groups is 1. The molecule has 0 aromatic heterocycles. The Morgan fingerprint density at radius 3 is 2.40 bits per heavy atom. The number of unbranched alkanes of at least 4 members (excludes halogenated alkanes) is 1. The quantitative estimate of drug-likeness (QED) is 0.448. The van der Waals surface area contributed by atoms with Crippen LogP contribution in [0.4, 0.5) is 4.79 Å². The number of carbonyl (C=O) groups excluding carboxylic acids is 1. The molecule has 10 atom stereocenters. The van der Waals surface area contributed by atoms with Crippen LogP contribution >= 0.6 is 0 Å². The van der Waals surface area contributed by atoms with Gasteiger partial charge in [-0.2, -0.15) is 0 Å². The summed E-state index contributed by atoms with van der Waals surface area (Å²) in [6.07, 6.45) is 14.1. The van der Waals surface area contributed by atoms with Crippen molar-refractivity contribution >= 4 is 6.09 Å². The third kappa shape index (κ3) is 4.45. The van der Waals surface area contributed by atoms with Gasteiger partial charge in [0.25, 0.3) is 0 Å². The van der Waals surface area contributed by atoms with Crippen molar-refractivity contribution in [3.8, 4) is 0 Å². The highest BCUT2D eigenvalue weighted by atomic mass is 16.6. The van der Waals surface area contributed by atoms with Crippen molar-refractivity contribution in [3.63, 3.8) is 0 Å². The topological polar surface area (TPSA) is 70.0 Å². The molecule has 5 heteroatoms. The molecular weight excluding hydrogens is 438 g/mol. The van der Waals surface area contributed by atoms with E-state index in [9.17, 15) is 15.0 Å². The predicted octanol–water partition coefficient (Wildman–Crippen LogP) is 6.02. The monoisotopic (exact) mass is 489 g/mol. The van der Waals surface area contributed by atoms with Gasteiger partial charge < -0.3 is 19.8 Å². The van der Waals surface area contributed by atoms with Crippen LogP contribution in [0.3, 0.4) is 0 Å². The number of aliphatic hydroxyl groups excluding tert-OH is 2. The van der Waals surface area contributed by atoms with E-state index in [1.807, 2.05) is 4.90 Å². The summed E-state index contributed by atoms with van der Waals surface area (Å²) in [5, 5.41) is 22.3. The number of nitrogens with zero attached hydrogens (tertiary/aromatic N) is 1. The molecule has 0 unspecified atom stereocenters. The van der Waals surface area contributed by atoms with Crippen molar-refractivity contribution in [2.24, 2.45) is 46.3 Å². The normalized spacial score (nSPS) is 47.2. The van der Waals surface area contributed by atoms with Crippen LogP contribution in [0.1, 0.15) is 104 Å². The molecule has 0 aromatic carbocycles. The smallest absolute Gasteiger partial charge is 0.409 e. The number of fused-ring (bicyclic) bond motifs is 5. The third-order valence-electron chi connectivity index (χ3n) is 12.1. The van der Waals surface area contributed by atoms with Gasteiger partial charge in [0.1, 0.15) is 0 Å². The molecule has 4 aliphatic carbocycles. The summed E-state index contributed by atoms with van der Waals surface area (Å²) in [4.78, 5) is 14.0. The Morgan fingerprint density at radius 2 is 1.66 bits per heavy atom. The molecular formula is C30H51NO4. The minimum atomic E-state index is -0.207. The second kappa shape index (κ2) is 10.2. The van der Waals surface area contributed by atoms with Crippen molar-refractivity contribution in [2.75, 3.05) is 19.7 Å². The highest BCUT2D eigenvalue weighted by Gasteiger charge is 2.64. The lowest BCUT2D eigenvalue weighted by Crippen LogP contribution is -2.62. The maximum atomic E-state index is 12.1. The minimum Gasteiger partial charge on any atom is -0.449 e. The van der Waals surface area contributed by atoms with E-state index in [2.05, 4.69) is 20.8 Å². The lowest BCUT2D eigenvalue weighted by Gasteiger charge is -2.64. The lowest BCUT2D eigenvalue weighted by atomic mass is 9.41. The summed E-state index contributed by atoms with van der Waals surface area (Å²) in [6, 6.07) is 0. The Hall–Kier alpha value is -0.810. The summed E-state index contributed by atoms with van der Waals surface area (Å²) in [5.74, 6) is 3.21. The lowest BCUT2D eigenvalue weighted by molar-refractivity contribution is -0.202. The number of likely N-dealkylation sites (tertiary alicyclic amines) is 1. The van der Waals surface area contributed by atoms with E-state index in [1.165, 1.54) is 32.1 Å². The first-order valence-electron chi connectivity index (χ1n) is 15.1. The number of ether oxygens (including phenoxy) is 1. The Kier molecular flexibility index (Phi) is 7.49. The van der Waals surface area contributed by atoms with Crippen molar-refractivity contribution in [1.29, 1.82) is 0 Å². The van der Waals surface area contributed by atoms with Crippen LogP contribution in [0.25, 0.3) is 0 Å². The van der Waals surface area contributed by atoms with Crippen molar-refractivity contribution in [1.82, 2.24) is 4.90 Å². The van der Waals surface area contributed by atoms with E-state index in [1.54, 1.807) is 0 Å². The van der Waals surface area contributed by atoms with Gasteiger partial charge >= 0.3 is 6.09 Å². The molecule has 5 nitrogen and oxygen atoms in total. The van der Waals surface area contributed by atoms with Crippen LogP contribution in [0, 0.1) is 46.3 Å². The van der Waals surface area contributed by atoms with Gasteiger partial charge in [-0.25, -0.2) is 4.79 Å². The summed E-state index contributed by atoms with van der Waals surface area (Å²) >= 11 is 0. The molecule has 200 valence electrons. The van der Waals surface area contributed by atoms with E-state index in [4.69, 9.17) is 4.74 Å². The van der Waals surface area contributed by atoms with Gasteiger partial charge in [-0.15, -0.1) is 0 Å². The van der Waals surface area contributed by atoms with E-state index in [0.29, 0.717) is 41.6 Å². The molecule has 4 saturated carbocycles. The van der Waals surface area contributed by atoms with Gasteiger partial charge in [-0.3, -0.25) is 0 Å². The molecule has 0 spiro atoms. The molecule has 5 rings (SSSR count). The fraction of sp³-hybridized carbons (Fsp3) is 0.967. The number of hydrogen-bond donors (Lipinski definition) is 2. The van der Waals surface area contributed by atoms with Gasteiger partial charge in [-0.1, -0.05) is 27.2 Å². The summed E-state index contributed by atoms with van der Waals surface area (Å²) < 4.78 is 5.54. The molecule has 0 bridgehead atoms. The molecule has 1 amide bonds. The van der Waals surface area contributed by atoms with Crippen LogP contribution in [0.15, 0.2) is 0 Å². The van der Waals surface area contributed by atoms with Gasteiger partial charge in [-0.05, 0) is 123 Å². The molecule has 1 saturated heterocycles. The number of amides is 1. The maximum Gasteiger partial charge on any atom is 0.409 e. The maximum absolute atomic E-state index is 12.1. The fourth-order valence-electron chi connectivity index (χ4n) is 10.2. The second-order valence-electron chi connectivity index (χ2n) is 13.5. The molecule has 1 aliphatic heterocycles.